The Kier molecular flexibility index (Phi) is 3.27. The molecule has 1 saturated heterocycles. The zero-order valence-corrected chi connectivity index (χ0v) is 11.9. The molecule has 1 saturated carbocycles. The Morgan fingerprint density at radius 1 is 1.06 bits per heavy atom. The topological polar surface area (TPSA) is 3.24 Å². The Bertz CT molecular complexity index is 388. The van der Waals surface area contributed by atoms with Crippen molar-refractivity contribution in [2.24, 2.45) is 5.41 Å². The maximum absolute atomic E-state index is 3.64. The van der Waals surface area contributed by atoms with Crippen LogP contribution in [0.3, 0.4) is 0 Å². The molecular weight excluding hydrogens is 274 g/mol. The summed E-state index contributed by atoms with van der Waals surface area (Å²) >= 11 is 3.64. The second-order valence-corrected chi connectivity index (χ2v) is 6.65. The first kappa shape index (κ1) is 11.7. The lowest BCUT2D eigenvalue weighted by Crippen LogP contribution is -2.56. The third-order valence-electron chi connectivity index (χ3n) is 4.38. The first-order chi connectivity index (χ1) is 8.27. The molecule has 0 atom stereocenters. The molecule has 3 rings (SSSR count). The minimum absolute atomic E-state index is 0.708. The summed E-state index contributed by atoms with van der Waals surface area (Å²) in [7, 11) is 0. The highest BCUT2D eigenvalue weighted by molar-refractivity contribution is 9.10. The molecule has 0 aromatic heterocycles. The summed E-state index contributed by atoms with van der Waals surface area (Å²) in [5.74, 6) is 0. The fourth-order valence-corrected chi connectivity index (χ4v) is 3.91. The Morgan fingerprint density at radius 2 is 1.76 bits per heavy atom. The van der Waals surface area contributed by atoms with E-state index >= 15 is 0 Å². The highest BCUT2D eigenvalue weighted by Crippen LogP contribution is 2.44. The van der Waals surface area contributed by atoms with Crippen LogP contribution in [0, 0.1) is 5.41 Å². The second-order valence-electron chi connectivity index (χ2n) is 5.80. The van der Waals surface area contributed by atoms with E-state index in [2.05, 4.69) is 45.1 Å². The zero-order chi connectivity index (χ0) is 11.7. The smallest absolute Gasteiger partial charge is 0.0245 e. The van der Waals surface area contributed by atoms with E-state index in [1.54, 1.807) is 0 Å². The van der Waals surface area contributed by atoms with Gasteiger partial charge >= 0.3 is 0 Å². The highest BCUT2D eigenvalue weighted by atomic mass is 79.9. The summed E-state index contributed by atoms with van der Waals surface area (Å²) in [5, 5.41) is 0. The molecule has 1 spiro atoms. The first-order valence-electron chi connectivity index (χ1n) is 6.73. The van der Waals surface area contributed by atoms with Crippen molar-refractivity contribution in [2.75, 3.05) is 13.1 Å². The lowest BCUT2D eigenvalue weighted by Gasteiger charge is -2.52. The maximum Gasteiger partial charge on any atom is 0.0245 e. The predicted octanol–water partition coefficient (Wildman–Crippen LogP) is 4.22. The van der Waals surface area contributed by atoms with Crippen molar-refractivity contribution >= 4 is 15.9 Å². The van der Waals surface area contributed by atoms with E-state index in [1.165, 1.54) is 55.2 Å². The van der Waals surface area contributed by atoms with Crippen LogP contribution in [-0.2, 0) is 6.54 Å². The van der Waals surface area contributed by atoms with E-state index in [1.807, 2.05) is 0 Å². The summed E-state index contributed by atoms with van der Waals surface area (Å²) in [4.78, 5) is 2.60. The van der Waals surface area contributed by atoms with Crippen LogP contribution in [0.15, 0.2) is 28.7 Å². The van der Waals surface area contributed by atoms with Crippen LogP contribution >= 0.6 is 15.9 Å². The van der Waals surface area contributed by atoms with Gasteiger partial charge in [0.1, 0.15) is 0 Å². The van der Waals surface area contributed by atoms with Crippen LogP contribution in [0.2, 0.25) is 0 Å². The molecule has 1 aliphatic heterocycles. The van der Waals surface area contributed by atoms with Crippen LogP contribution in [0.1, 0.15) is 37.7 Å². The zero-order valence-electron chi connectivity index (χ0n) is 10.3. The average Bonchev–Trinajstić information content (AvgIpc) is 2.31. The quantitative estimate of drug-likeness (QED) is 0.789. The van der Waals surface area contributed by atoms with E-state index in [4.69, 9.17) is 0 Å². The van der Waals surface area contributed by atoms with Gasteiger partial charge < -0.3 is 0 Å². The standard InChI is InChI=1S/C15H20BrN/c16-14-7-3-2-6-13(14)10-17-11-15(12-17)8-4-1-5-9-15/h2-3,6-7H,1,4-5,8-12H2. The molecule has 1 heterocycles. The number of hydrogen-bond donors (Lipinski definition) is 0. The van der Waals surface area contributed by atoms with E-state index in [-0.39, 0.29) is 0 Å². The molecule has 2 aliphatic rings. The van der Waals surface area contributed by atoms with Crippen molar-refractivity contribution in [3.63, 3.8) is 0 Å². The third kappa shape index (κ3) is 2.43. The van der Waals surface area contributed by atoms with Crippen molar-refractivity contribution in [2.45, 2.75) is 38.6 Å². The SMILES string of the molecule is Brc1ccccc1CN1CC2(CCCCC2)C1. The third-order valence-corrected chi connectivity index (χ3v) is 5.16. The lowest BCUT2D eigenvalue weighted by molar-refractivity contribution is -0.0333. The van der Waals surface area contributed by atoms with Crippen LogP contribution in [0.4, 0.5) is 0 Å². The van der Waals surface area contributed by atoms with Gasteiger partial charge in [-0.15, -0.1) is 0 Å². The van der Waals surface area contributed by atoms with E-state index in [9.17, 15) is 0 Å². The molecule has 17 heavy (non-hydrogen) atoms. The molecule has 0 amide bonds. The second kappa shape index (κ2) is 4.74. The van der Waals surface area contributed by atoms with Crippen molar-refractivity contribution < 1.29 is 0 Å². The van der Waals surface area contributed by atoms with E-state index in [0.29, 0.717) is 5.41 Å². The molecule has 0 N–H and O–H groups in total. The largest absolute Gasteiger partial charge is 0.298 e. The average molecular weight is 294 g/mol. The number of hydrogen-bond acceptors (Lipinski definition) is 1. The van der Waals surface area contributed by atoms with E-state index in [0.717, 1.165) is 6.54 Å². The number of likely N-dealkylation sites (tertiary alicyclic amines) is 1. The van der Waals surface area contributed by atoms with Gasteiger partial charge in [0.05, 0.1) is 0 Å². The molecule has 1 aromatic rings. The van der Waals surface area contributed by atoms with Crippen molar-refractivity contribution in [3.8, 4) is 0 Å². The molecule has 0 radical (unpaired) electrons. The minimum Gasteiger partial charge on any atom is -0.298 e. The summed E-state index contributed by atoms with van der Waals surface area (Å²) in [6, 6.07) is 8.60. The molecule has 0 unspecified atom stereocenters. The summed E-state index contributed by atoms with van der Waals surface area (Å²) in [5.41, 5.74) is 2.14. The van der Waals surface area contributed by atoms with E-state index < -0.39 is 0 Å². The van der Waals surface area contributed by atoms with Gasteiger partial charge in [-0.3, -0.25) is 4.90 Å². The van der Waals surface area contributed by atoms with Crippen LogP contribution < -0.4 is 0 Å². The fraction of sp³-hybridized carbons (Fsp3) is 0.600. The summed E-state index contributed by atoms with van der Waals surface area (Å²) < 4.78 is 1.25. The molecule has 1 aromatic carbocycles. The van der Waals surface area contributed by atoms with Gasteiger partial charge in [-0.05, 0) is 29.9 Å². The maximum atomic E-state index is 3.64. The van der Waals surface area contributed by atoms with Gasteiger partial charge in [-0.25, -0.2) is 0 Å². The monoisotopic (exact) mass is 293 g/mol. The predicted molar refractivity (Wildman–Crippen MR) is 74.9 cm³/mol. The Morgan fingerprint density at radius 3 is 2.47 bits per heavy atom. The molecule has 0 bridgehead atoms. The van der Waals surface area contributed by atoms with Crippen LogP contribution in [0.25, 0.3) is 0 Å². The number of nitrogens with zero attached hydrogens (tertiary/aromatic N) is 1. The van der Waals surface area contributed by atoms with Gasteiger partial charge in [0.15, 0.2) is 0 Å². The van der Waals surface area contributed by atoms with Gasteiger partial charge in [-0.2, -0.15) is 0 Å². The normalized spacial score (nSPS) is 23.6. The first-order valence-corrected chi connectivity index (χ1v) is 7.53. The molecule has 2 fully saturated rings. The lowest BCUT2D eigenvalue weighted by atomic mass is 9.68. The van der Waals surface area contributed by atoms with Gasteiger partial charge in [0.2, 0.25) is 0 Å². The van der Waals surface area contributed by atoms with Crippen LogP contribution in [0.5, 0.6) is 0 Å². The molecule has 1 aliphatic carbocycles. The van der Waals surface area contributed by atoms with Gasteiger partial charge in [0, 0.05) is 24.1 Å². The Labute approximate surface area is 112 Å². The Hall–Kier alpha value is -0.340. The number of benzene rings is 1. The number of rotatable bonds is 2. The molecular formula is C15H20BrN. The van der Waals surface area contributed by atoms with Gasteiger partial charge in [0.25, 0.3) is 0 Å². The fourth-order valence-electron chi connectivity index (χ4n) is 3.50. The number of halogens is 1. The van der Waals surface area contributed by atoms with Crippen LogP contribution in [-0.4, -0.2) is 18.0 Å². The Balaban J connectivity index is 1.58. The van der Waals surface area contributed by atoms with Gasteiger partial charge in [-0.1, -0.05) is 53.4 Å². The highest BCUT2D eigenvalue weighted by Gasteiger charge is 2.42. The minimum atomic E-state index is 0.708. The van der Waals surface area contributed by atoms with Crippen molar-refractivity contribution in [3.05, 3.63) is 34.3 Å². The van der Waals surface area contributed by atoms with Crippen molar-refractivity contribution in [1.29, 1.82) is 0 Å². The van der Waals surface area contributed by atoms with Crippen molar-refractivity contribution in [1.82, 2.24) is 4.90 Å². The molecule has 92 valence electrons. The molecule has 1 nitrogen and oxygen atoms in total. The molecule has 2 heteroatoms. The summed E-state index contributed by atoms with van der Waals surface area (Å²) in [6.45, 7) is 3.77. The summed E-state index contributed by atoms with van der Waals surface area (Å²) in [6.07, 6.45) is 7.33.